The highest BCUT2D eigenvalue weighted by Crippen LogP contribution is 2.34. The molecule has 7 nitrogen and oxygen atoms in total. The van der Waals surface area contributed by atoms with Crippen molar-refractivity contribution in [3.8, 4) is 5.75 Å². The van der Waals surface area contributed by atoms with E-state index in [9.17, 15) is 13.2 Å². The van der Waals surface area contributed by atoms with E-state index in [4.69, 9.17) is 4.74 Å². The largest absolute Gasteiger partial charge is 0.476 e. The van der Waals surface area contributed by atoms with Crippen LogP contribution >= 0.6 is 0 Å². The number of nitrogens with one attached hydrogen (secondary N) is 1. The molecule has 1 N–H and O–H groups in total. The Kier molecular flexibility index (Phi) is 5.27. The second kappa shape index (κ2) is 7.48. The summed E-state index contributed by atoms with van der Waals surface area (Å²) in [6, 6.07) is 14.6. The van der Waals surface area contributed by atoms with E-state index >= 15 is 0 Å². The fraction of sp³-hybridized carbons (Fsp3) is 0.316. The van der Waals surface area contributed by atoms with Crippen molar-refractivity contribution < 1.29 is 17.9 Å². The van der Waals surface area contributed by atoms with Crippen LogP contribution in [0.5, 0.6) is 5.75 Å². The average Bonchev–Trinajstić information content (AvgIpc) is 2.64. The van der Waals surface area contributed by atoms with Crippen LogP contribution in [0.3, 0.4) is 0 Å². The molecule has 0 spiro atoms. The van der Waals surface area contributed by atoms with Gasteiger partial charge in [-0.1, -0.05) is 24.3 Å². The van der Waals surface area contributed by atoms with Gasteiger partial charge in [-0.15, -0.1) is 0 Å². The summed E-state index contributed by atoms with van der Waals surface area (Å²) in [7, 11) is 0.405. The van der Waals surface area contributed by atoms with Gasteiger partial charge in [0.25, 0.3) is 5.91 Å². The molecule has 0 saturated heterocycles. The first-order valence-corrected chi connectivity index (χ1v) is 10.4. The number of ether oxygens (including phenoxy) is 1. The van der Waals surface area contributed by atoms with Crippen molar-refractivity contribution in [1.82, 2.24) is 5.32 Å². The Morgan fingerprint density at radius 3 is 2.48 bits per heavy atom. The van der Waals surface area contributed by atoms with E-state index in [1.54, 1.807) is 24.3 Å². The Hall–Kier alpha value is -2.74. The highest BCUT2D eigenvalue weighted by molar-refractivity contribution is 7.92. The minimum atomic E-state index is -3.52. The zero-order chi connectivity index (χ0) is 19.6. The maximum absolute atomic E-state index is 12.6. The molecule has 0 radical (unpaired) electrons. The highest BCUT2D eigenvalue weighted by Gasteiger charge is 2.34. The van der Waals surface area contributed by atoms with Gasteiger partial charge < -0.3 is 15.0 Å². The van der Waals surface area contributed by atoms with E-state index in [2.05, 4.69) is 5.32 Å². The third-order valence-corrected chi connectivity index (χ3v) is 5.49. The van der Waals surface area contributed by atoms with Crippen molar-refractivity contribution in [3.05, 3.63) is 54.1 Å². The van der Waals surface area contributed by atoms with Crippen molar-refractivity contribution >= 4 is 27.3 Å². The molecular weight excluding hydrogens is 366 g/mol. The second-order valence-corrected chi connectivity index (χ2v) is 8.55. The van der Waals surface area contributed by atoms with Crippen LogP contribution in [0.1, 0.15) is 5.56 Å². The van der Waals surface area contributed by atoms with Crippen LogP contribution in [0.25, 0.3) is 0 Å². The molecule has 3 rings (SSSR count). The molecule has 1 atom stereocenters. The van der Waals surface area contributed by atoms with Crippen LogP contribution in [0, 0.1) is 0 Å². The van der Waals surface area contributed by atoms with E-state index < -0.39 is 16.1 Å². The molecule has 2 aromatic carbocycles. The van der Waals surface area contributed by atoms with Gasteiger partial charge in [0.1, 0.15) is 5.75 Å². The number of fused-ring (bicyclic) bond motifs is 1. The lowest BCUT2D eigenvalue weighted by atomic mass is 10.2. The fourth-order valence-corrected chi connectivity index (χ4v) is 3.78. The number of hydrogen-bond acceptors (Lipinski definition) is 5. The maximum Gasteiger partial charge on any atom is 0.263 e. The molecule has 0 bridgehead atoms. The van der Waals surface area contributed by atoms with Gasteiger partial charge in [0.15, 0.2) is 6.10 Å². The molecular formula is C19H23N3O4S. The summed E-state index contributed by atoms with van der Waals surface area (Å²) < 4.78 is 31.2. The standard InChI is InChI=1S/C19H23N3O4S/c1-21(2)15-10-8-14(9-11-15)12-20-19(23)18-13-22(27(3,24)25)16-6-4-5-7-17(16)26-18/h4-11,18H,12-13H2,1-3H3,(H,20,23). The molecule has 144 valence electrons. The van der Waals surface area contributed by atoms with Gasteiger partial charge in [0.2, 0.25) is 10.0 Å². The summed E-state index contributed by atoms with van der Waals surface area (Å²) in [5.41, 5.74) is 2.47. The number of anilines is 2. The molecule has 27 heavy (non-hydrogen) atoms. The van der Waals surface area contributed by atoms with E-state index in [1.165, 1.54) is 4.31 Å². The minimum absolute atomic E-state index is 0.0543. The van der Waals surface area contributed by atoms with Gasteiger partial charge in [-0.05, 0) is 29.8 Å². The number of amides is 1. The first-order valence-electron chi connectivity index (χ1n) is 8.53. The molecule has 1 aliphatic rings. The molecule has 8 heteroatoms. The Morgan fingerprint density at radius 2 is 1.85 bits per heavy atom. The zero-order valence-corrected chi connectivity index (χ0v) is 16.4. The van der Waals surface area contributed by atoms with Gasteiger partial charge >= 0.3 is 0 Å². The number of rotatable bonds is 5. The normalized spacial score (nSPS) is 16.3. The number of hydrogen-bond donors (Lipinski definition) is 1. The number of para-hydroxylation sites is 2. The van der Waals surface area contributed by atoms with Gasteiger partial charge in [0, 0.05) is 26.3 Å². The van der Waals surface area contributed by atoms with Gasteiger partial charge in [0.05, 0.1) is 18.5 Å². The summed E-state index contributed by atoms with van der Waals surface area (Å²) in [5.74, 6) is 0.0273. The maximum atomic E-state index is 12.6. The van der Waals surface area contributed by atoms with Crippen molar-refractivity contribution in [2.24, 2.45) is 0 Å². The molecule has 1 unspecified atom stereocenters. The summed E-state index contributed by atoms with van der Waals surface area (Å²) in [5, 5.41) is 2.82. The molecule has 1 aliphatic heterocycles. The van der Waals surface area contributed by atoms with Crippen molar-refractivity contribution in [2.45, 2.75) is 12.6 Å². The summed E-state index contributed by atoms with van der Waals surface area (Å²) in [6.07, 6.45) is 0.215. The zero-order valence-electron chi connectivity index (χ0n) is 15.5. The van der Waals surface area contributed by atoms with Gasteiger partial charge in [-0.25, -0.2) is 8.42 Å². The monoisotopic (exact) mass is 389 g/mol. The lowest BCUT2D eigenvalue weighted by molar-refractivity contribution is -0.127. The minimum Gasteiger partial charge on any atom is -0.476 e. The van der Waals surface area contributed by atoms with Crippen LogP contribution in [0.2, 0.25) is 0 Å². The Balaban J connectivity index is 1.70. The summed E-state index contributed by atoms with van der Waals surface area (Å²) in [4.78, 5) is 14.6. The number of sulfonamides is 1. The number of nitrogens with zero attached hydrogens (tertiary/aromatic N) is 2. The first kappa shape index (κ1) is 19.0. The van der Waals surface area contributed by atoms with E-state index in [1.807, 2.05) is 43.3 Å². The smallest absolute Gasteiger partial charge is 0.263 e. The summed E-state index contributed by atoms with van der Waals surface area (Å²) in [6.45, 7) is 0.286. The predicted octanol–water partition coefficient (Wildman–Crippen LogP) is 1.60. The molecule has 1 heterocycles. The number of carbonyl (C=O) groups is 1. The molecule has 0 aromatic heterocycles. The third kappa shape index (κ3) is 4.33. The molecule has 0 fully saturated rings. The predicted molar refractivity (Wildman–Crippen MR) is 106 cm³/mol. The summed E-state index contributed by atoms with van der Waals surface area (Å²) >= 11 is 0. The van der Waals surface area contributed by atoms with Crippen LogP contribution in [-0.2, 0) is 21.4 Å². The Morgan fingerprint density at radius 1 is 1.19 bits per heavy atom. The lowest BCUT2D eigenvalue weighted by Crippen LogP contribution is -2.50. The highest BCUT2D eigenvalue weighted by atomic mass is 32.2. The molecule has 1 amide bonds. The molecule has 0 saturated carbocycles. The Labute approximate surface area is 159 Å². The SMILES string of the molecule is CN(C)c1ccc(CNC(=O)C2CN(S(C)(=O)=O)c3ccccc3O2)cc1. The topological polar surface area (TPSA) is 79.0 Å². The van der Waals surface area contributed by atoms with Gasteiger partial charge in [-0.2, -0.15) is 0 Å². The van der Waals surface area contributed by atoms with Crippen LogP contribution < -0.4 is 19.3 Å². The van der Waals surface area contributed by atoms with Crippen molar-refractivity contribution in [3.63, 3.8) is 0 Å². The fourth-order valence-electron chi connectivity index (χ4n) is 2.87. The Bertz CT molecular complexity index is 926. The van der Waals surface area contributed by atoms with E-state index in [-0.39, 0.29) is 12.5 Å². The molecule has 0 aliphatic carbocycles. The van der Waals surface area contributed by atoms with Crippen LogP contribution in [-0.4, -0.2) is 47.3 Å². The van der Waals surface area contributed by atoms with Crippen molar-refractivity contribution in [2.75, 3.05) is 36.1 Å². The first-order chi connectivity index (χ1) is 12.8. The molecule has 2 aromatic rings. The second-order valence-electron chi connectivity index (χ2n) is 6.65. The quantitative estimate of drug-likeness (QED) is 0.840. The number of carbonyl (C=O) groups excluding carboxylic acids is 1. The van der Waals surface area contributed by atoms with Crippen molar-refractivity contribution in [1.29, 1.82) is 0 Å². The average molecular weight is 389 g/mol. The van der Waals surface area contributed by atoms with E-state index in [0.29, 0.717) is 18.0 Å². The van der Waals surface area contributed by atoms with Crippen LogP contribution in [0.15, 0.2) is 48.5 Å². The third-order valence-electron chi connectivity index (χ3n) is 4.35. The van der Waals surface area contributed by atoms with Crippen LogP contribution in [0.4, 0.5) is 11.4 Å². The van der Waals surface area contributed by atoms with Gasteiger partial charge in [-0.3, -0.25) is 9.10 Å². The lowest BCUT2D eigenvalue weighted by Gasteiger charge is -2.33. The van der Waals surface area contributed by atoms with E-state index in [0.717, 1.165) is 17.5 Å². The number of benzene rings is 2.